The van der Waals surface area contributed by atoms with E-state index in [0.29, 0.717) is 59.1 Å². The number of ether oxygens (including phenoxy) is 1. The normalized spacial score (nSPS) is 12.8. The van der Waals surface area contributed by atoms with E-state index in [1.807, 2.05) is 0 Å². The summed E-state index contributed by atoms with van der Waals surface area (Å²) >= 11 is 0. The number of amides is 3. The first-order valence-corrected chi connectivity index (χ1v) is 10.2. The minimum absolute atomic E-state index is 0.0626. The third-order valence-electron chi connectivity index (χ3n) is 5.15. The number of rotatable bonds is 8. The second-order valence-corrected chi connectivity index (χ2v) is 7.37. The van der Waals surface area contributed by atoms with Crippen molar-refractivity contribution in [1.29, 1.82) is 0 Å². The van der Waals surface area contributed by atoms with Gasteiger partial charge in [0.25, 0.3) is 17.7 Å². The molecule has 3 aromatic rings. The van der Waals surface area contributed by atoms with Crippen LogP contribution in [0.5, 0.6) is 5.75 Å². The number of nitrogens with one attached hydrogen (secondary N) is 1. The molecule has 2 heterocycles. The van der Waals surface area contributed by atoms with E-state index in [4.69, 9.17) is 9.26 Å². The number of fused-ring (bicyclic) bond motifs is 1. The van der Waals surface area contributed by atoms with E-state index in [9.17, 15) is 14.4 Å². The van der Waals surface area contributed by atoms with E-state index in [1.165, 1.54) is 12.0 Å². The Morgan fingerprint density at radius 3 is 2.47 bits per heavy atom. The molecule has 9 nitrogen and oxygen atoms in total. The van der Waals surface area contributed by atoms with E-state index in [2.05, 4.69) is 15.5 Å². The zero-order valence-corrected chi connectivity index (χ0v) is 17.8. The highest BCUT2D eigenvalue weighted by atomic mass is 16.5. The van der Waals surface area contributed by atoms with Gasteiger partial charge in [-0.25, -0.2) is 0 Å². The number of imide groups is 1. The van der Waals surface area contributed by atoms with Crippen molar-refractivity contribution in [2.24, 2.45) is 0 Å². The summed E-state index contributed by atoms with van der Waals surface area (Å²) in [6.07, 6.45) is 1.18. The molecule has 0 fully saturated rings. The molecule has 1 aromatic heterocycles. The SMILES string of the molecule is COc1ccc(CN2C(=O)c3ccccc3C2=O)cc1C(=O)NCCCc1nc(C)no1. The monoisotopic (exact) mass is 434 g/mol. The van der Waals surface area contributed by atoms with Gasteiger partial charge in [-0.05, 0) is 43.2 Å². The average molecular weight is 434 g/mol. The van der Waals surface area contributed by atoms with E-state index in [-0.39, 0.29) is 24.3 Å². The predicted octanol–water partition coefficient (Wildman–Crippen LogP) is 2.55. The Labute approximate surface area is 184 Å². The molecule has 4 rings (SSSR count). The average Bonchev–Trinajstić information content (AvgIpc) is 3.33. The first-order chi connectivity index (χ1) is 15.5. The summed E-state index contributed by atoms with van der Waals surface area (Å²) in [6.45, 7) is 2.22. The summed E-state index contributed by atoms with van der Waals surface area (Å²) in [5.41, 5.74) is 1.75. The zero-order chi connectivity index (χ0) is 22.7. The van der Waals surface area contributed by atoms with Gasteiger partial charge in [-0.1, -0.05) is 23.4 Å². The second kappa shape index (κ2) is 9.01. The number of hydrogen-bond acceptors (Lipinski definition) is 7. The second-order valence-electron chi connectivity index (χ2n) is 7.37. The van der Waals surface area contributed by atoms with Crippen LogP contribution >= 0.6 is 0 Å². The molecule has 0 saturated heterocycles. The maximum Gasteiger partial charge on any atom is 0.261 e. The molecule has 0 saturated carbocycles. The lowest BCUT2D eigenvalue weighted by atomic mass is 10.1. The molecule has 0 aliphatic carbocycles. The number of carbonyl (C=O) groups is 3. The maximum absolute atomic E-state index is 12.7. The highest BCUT2D eigenvalue weighted by Gasteiger charge is 2.35. The van der Waals surface area contributed by atoms with Crippen LogP contribution in [0, 0.1) is 6.92 Å². The third-order valence-corrected chi connectivity index (χ3v) is 5.15. The quantitative estimate of drug-likeness (QED) is 0.428. The molecule has 3 amide bonds. The Morgan fingerprint density at radius 1 is 1.12 bits per heavy atom. The summed E-state index contributed by atoms with van der Waals surface area (Å²) in [7, 11) is 1.48. The Bertz CT molecular complexity index is 1150. The third kappa shape index (κ3) is 4.22. The largest absolute Gasteiger partial charge is 0.496 e. The van der Waals surface area contributed by atoms with Gasteiger partial charge in [-0.3, -0.25) is 19.3 Å². The molecule has 0 atom stereocenters. The van der Waals surface area contributed by atoms with Gasteiger partial charge in [0.1, 0.15) is 5.75 Å². The van der Waals surface area contributed by atoms with E-state index >= 15 is 0 Å². The van der Waals surface area contributed by atoms with Crippen molar-refractivity contribution in [2.45, 2.75) is 26.3 Å². The Morgan fingerprint density at radius 2 is 1.84 bits per heavy atom. The van der Waals surface area contributed by atoms with Crippen LogP contribution in [0.1, 0.15) is 54.8 Å². The fourth-order valence-electron chi connectivity index (χ4n) is 3.57. The molecule has 1 aliphatic heterocycles. The summed E-state index contributed by atoms with van der Waals surface area (Å²) in [4.78, 5) is 43.3. The fraction of sp³-hybridized carbons (Fsp3) is 0.261. The molecule has 0 unspecified atom stereocenters. The molecule has 0 bridgehead atoms. The highest BCUT2D eigenvalue weighted by molar-refractivity contribution is 6.21. The van der Waals surface area contributed by atoms with Gasteiger partial charge in [0.2, 0.25) is 5.89 Å². The number of methoxy groups -OCH3 is 1. The zero-order valence-electron chi connectivity index (χ0n) is 17.8. The number of benzene rings is 2. The van der Waals surface area contributed by atoms with Crippen molar-refractivity contribution in [3.05, 3.63) is 76.4 Å². The van der Waals surface area contributed by atoms with Gasteiger partial charge < -0.3 is 14.6 Å². The van der Waals surface area contributed by atoms with Crippen LogP contribution in [0.3, 0.4) is 0 Å². The summed E-state index contributed by atoms with van der Waals surface area (Å²) in [5, 5.41) is 6.58. The lowest BCUT2D eigenvalue weighted by molar-refractivity contribution is 0.0642. The topological polar surface area (TPSA) is 115 Å². The number of aromatic nitrogens is 2. The summed E-state index contributed by atoms with van der Waals surface area (Å²) < 4.78 is 10.4. The first-order valence-electron chi connectivity index (χ1n) is 10.2. The van der Waals surface area contributed by atoms with Gasteiger partial charge in [0.05, 0.1) is 30.3 Å². The van der Waals surface area contributed by atoms with E-state index < -0.39 is 0 Å². The van der Waals surface area contributed by atoms with Gasteiger partial charge in [0.15, 0.2) is 5.82 Å². The Hall–Kier alpha value is -4.01. The molecule has 1 aliphatic rings. The molecular weight excluding hydrogens is 412 g/mol. The molecule has 0 radical (unpaired) electrons. The van der Waals surface area contributed by atoms with Gasteiger partial charge in [0, 0.05) is 13.0 Å². The number of nitrogens with zero attached hydrogens (tertiary/aromatic N) is 3. The van der Waals surface area contributed by atoms with Crippen molar-refractivity contribution in [3.63, 3.8) is 0 Å². The number of hydrogen-bond donors (Lipinski definition) is 1. The van der Waals surface area contributed by atoms with Crippen molar-refractivity contribution >= 4 is 17.7 Å². The molecule has 2 aromatic carbocycles. The molecule has 1 N–H and O–H groups in total. The standard InChI is InChI=1S/C23H22N4O5/c1-14-25-20(32-26-14)8-5-11-24-21(28)18-12-15(9-10-19(18)31-2)13-27-22(29)16-6-3-4-7-17(16)23(27)30/h3-4,6-7,9-10,12H,5,8,11,13H2,1-2H3,(H,24,28). The molecule has 9 heteroatoms. The lowest BCUT2D eigenvalue weighted by Gasteiger charge is -2.16. The molecule has 32 heavy (non-hydrogen) atoms. The van der Waals surface area contributed by atoms with Crippen LogP contribution in [0.15, 0.2) is 47.0 Å². The van der Waals surface area contributed by atoms with E-state index in [0.717, 1.165) is 0 Å². The minimum atomic E-state index is -0.344. The number of carbonyl (C=O) groups excluding carboxylic acids is 3. The van der Waals surface area contributed by atoms with Crippen molar-refractivity contribution in [1.82, 2.24) is 20.4 Å². The van der Waals surface area contributed by atoms with Crippen LogP contribution in [0.4, 0.5) is 0 Å². The fourth-order valence-corrected chi connectivity index (χ4v) is 3.57. The van der Waals surface area contributed by atoms with Crippen LogP contribution in [-0.2, 0) is 13.0 Å². The number of aryl methyl sites for hydroxylation is 2. The van der Waals surface area contributed by atoms with Crippen LogP contribution < -0.4 is 10.1 Å². The maximum atomic E-state index is 12.7. The van der Waals surface area contributed by atoms with Crippen molar-refractivity contribution in [3.8, 4) is 5.75 Å². The smallest absolute Gasteiger partial charge is 0.261 e. The lowest BCUT2D eigenvalue weighted by Crippen LogP contribution is -2.29. The van der Waals surface area contributed by atoms with Crippen LogP contribution in [0.2, 0.25) is 0 Å². The minimum Gasteiger partial charge on any atom is -0.496 e. The predicted molar refractivity (Wildman–Crippen MR) is 113 cm³/mol. The van der Waals surface area contributed by atoms with Crippen molar-refractivity contribution in [2.75, 3.05) is 13.7 Å². The summed E-state index contributed by atoms with van der Waals surface area (Å²) in [6, 6.07) is 11.8. The first kappa shape index (κ1) is 21.2. The molecule has 0 spiro atoms. The van der Waals surface area contributed by atoms with Gasteiger partial charge in [-0.2, -0.15) is 4.98 Å². The Kier molecular flexibility index (Phi) is 5.98. The van der Waals surface area contributed by atoms with Gasteiger partial charge >= 0.3 is 0 Å². The van der Waals surface area contributed by atoms with Crippen molar-refractivity contribution < 1.29 is 23.6 Å². The van der Waals surface area contributed by atoms with E-state index in [1.54, 1.807) is 49.4 Å². The summed E-state index contributed by atoms with van der Waals surface area (Å²) in [5.74, 6) is 0.502. The molecule has 164 valence electrons. The van der Waals surface area contributed by atoms with Crippen LogP contribution in [0.25, 0.3) is 0 Å². The van der Waals surface area contributed by atoms with Crippen LogP contribution in [-0.4, -0.2) is 46.4 Å². The Balaban J connectivity index is 1.42. The highest BCUT2D eigenvalue weighted by Crippen LogP contribution is 2.26. The molecular formula is C23H22N4O5. The van der Waals surface area contributed by atoms with Gasteiger partial charge in [-0.15, -0.1) is 0 Å².